The number of nitrogens with one attached hydrogen (secondary N) is 1. The maximum atomic E-state index is 14.0. The molecular formula is C29H33Cl2N3O5S. The van der Waals surface area contributed by atoms with Crippen LogP contribution in [0.3, 0.4) is 0 Å². The molecule has 0 fully saturated rings. The first kappa shape index (κ1) is 31.3. The molecule has 0 saturated carbocycles. The summed E-state index contributed by atoms with van der Waals surface area (Å²) in [5, 5.41) is 3.46. The van der Waals surface area contributed by atoms with Gasteiger partial charge >= 0.3 is 0 Å². The lowest BCUT2D eigenvalue weighted by molar-refractivity contribution is -0.139. The summed E-state index contributed by atoms with van der Waals surface area (Å²) in [6.07, 6.45) is 0.719. The summed E-state index contributed by atoms with van der Waals surface area (Å²) in [6, 6.07) is 18.5. The molecule has 0 heterocycles. The van der Waals surface area contributed by atoms with Crippen molar-refractivity contribution in [3.8, 4) is 5.75 Å². The fraction of sp³-hybridized carbons (Fsp3) is 0.310. The van der Waals surface area contributed by atoms with E-state index in [1.54, 1.807) is 74.5 Å². The zero-order valence-corrected chi connectivity index (χ0v) is 25.0. The van der Waals surface area contributed by atoms with Crippen LogP contribution in [0.25, 0.3) is 0 Å². The van der Waals surface area contributed by atoms with Crippen LogP contribution in [-0.4, -0.2) is 50.9 Å². The Kier molecular flexibility index (Phi) is 11.2. The van der Waals surface area contributed by atoms with Crippen LogP contribution in [-0.2, 0) is 26.2 Å². The lowest BCUT2D eigenvalue weighted by atomic mass is 10.1. The number of nitrogens with zero attached hydrogens (tertiary/aromatic N) is 2. The summed E-state index contributed by atoms with van der Waals surface area (Å²) in [5.74, 6) is -0.638. The highest BCUT2D eigenvalue weighted by Crippen LogP contribution is 2.33. The number of hydrogen-bond acceptors (Lipinski definition) is 5. The average Bonchev–Trinajstić information content (AvgIpc) is 2.95. The quantitative estimate of drug-likeness (QED) is 0.276. The maximum Gasteiger partial charge on any atom is 0.264 e. The van der Waals surface area contributed by atoms with Crippen molar-refractivity contribution in [2.45, 2.75) is 44.7 Å². The van der Waals surface area contributed by atoms with E-state index >= 15 is 0 Å². The second-order valence-corrected chi connectivity index (χ2v) is 11.6. The Labute approximate surface area is 245 Å². The first-order valence-corrected chi connectivity index (χ1v) is 15.1. The second kappa shape index (κ2) is 14.4. The number of amides is 2. The minimum Gasteiger partial charge on any atom is -0.492 e. The highest BCUT2D eigenvalue weighted by Gasteiger charge is 2.33. The third-order valence-electron chi connectivity index (χ3n) is 6.10. The van der Waals surface area contributed by atoms with Gasteiger partial charge in [0, 0.05) is 13.1 Å². The Morgan fingerprint density at radius 3 is 2.27 bits per heavy atom. The lowest BCUT2D eigenvalue weighted by Gasteiger charge is -2.32. The molecule has 0 radical (unpaired) electrons. The Bertz CT molecular complexity index is 1420. The minimum atomic E-state index is -4.20. The number of halogens is 2. The smallest absolute Gasteiger partial charge is 0.264 e. The molecule has 3 aromatic rings. The molecule has 1 N–H and O–H groups in total. The van der Waals surface area contributed by atoms with E-state index in [4.69, 9.17) is 27.9 Å². The largest absolute Gasteiger partial charge is 0.492 e. The molecule has 2 amide bonds. The summed E-state index contributed by atoms with van der Waals surface area (Å²) in [4.78, 5) is 28.3. The van der Waals surface area contributed by atoms with E-state index in [9.17, 15) is 18.0 Å². The van der Waals surface area contributed by atoms with Crippen LogP contribution in [0.1, 0.15) is 32.8 Å². The van der Waals surface area contributed by atoms with Gasteiger partial charge in [-0.1, -0.05) is 66.5 Å². The van der Waals surface area contributed by atoms with Gasteiger partial charge in [0.15, 0.2) is 0 Å². The Hall–Kier alpha value is -3.27. The highest BCUT2D eigenvalue weighted by atomic mass is 35.5. The molecular weight excluding hydrogens is 573 g/mol. The van der Waals surface area contributed by atoms with Gasteiger partial charge in [0.25, 0.3) is 10.0 Å². The molecule has 0 spiro atoms. The molecule has 8 nitrogen and oxygen atoms in total. The molecule has 0 aliphatic heterocycles. The molecule has 1 atom stereocenters. The third-order valence-corrected chi connectivity index (χ3v) is 8.61. The van der Waals surface area contributed by atoms with E-state index in [0.29, 0.717) is 34.5 Å². The van der Waals surface area contributed by atoms with Crippen LogP contribution >= 0.6 is 23.2 Å². The van der Waals surface area contributed by atoms with Gasteiger partial charge in [-0.05, 0) is 62.2 Å². The number of anilines is 1. The summed E-state index contributed by atoms with van der Waals surface area (Å²) >= 11 is 12.3. The fourth-order valence-electron chi connectivity index (χ4n) is 3.99. The Morgan fingerprint density at radius 2 is 1.62 bits per heavy atom. The predicted molar refractivity (Wildman–Crippen MR) is 158 cm³/mol. The van der Waals surface area contributed by atoms with Gasteiger partial charge in [-0.15, -0.1) is 0 Å². The normalized spacial score (nSPS) is 11.9. The molecule has 214 valence electrons. The van der Waals surface area contributed by atoms with Crippen molar-refractivity contribution in [1.82, 2.24) is 10.2 Å². The molecule has 0 aliphatic carbocycles. The summed E-state index contributed by atoms with van der Waals surface area (Å²) in [5.41, 5.74) is 0.837. The maximum absolute atomic E-state index is 14.0. The number of hydrogen-bond donors (Lipinski definition) is 1. The van der Waals surface area contributed by atoms with Gasteiger partial charge in [0.2, 0.25) is 11.8 Å². The highest BCUT2D eigenvalue weighted by molar-refractivity contribution is 7.92. The molecule has 0 bridgehead atoms. The number of para-hydroxylation sites is 2. The van der Waals surface area contributed by atoms with Gasteiger partial charge in [0.05, 0.1) is 27.2 Å². The number of benzene rings is 3. The first-order valence-electron chi connectivity index (χ1n) is 12.9. The SMILES string of the molecule is CCCNC(=O)[C@@H](C)N(Cc1ccc(Cl)c(Cl)c1)C(=O)CN(c1ccccc1OCC)S(=O)(=O)c1ccccc1. The van der Waals surface area contributed by atoms with Crippen LogP contribution < -0.4 is 14.4 Å². The Morgan fingerprint density at radius 1 is 0.950 bits per heavy atom. The second-order valence-electron chi connectivity index (χ2n) is 8.96. The molecule has 0 aromatic heterocycles. The van der Waals surface area contributed by atoms with Crippen molar-refractivity contribution in [2.75, 3.05) is 24.0 Å². The van der Waals surface area contributed by atoms with Gasteiger partial charge in [-0.3, -0.25) is 13.9 Å². The van der Waals surface area contributed by atoms with Gasteiger partial charge in [0.1, 0.15) is 18.3 Å². The molecule has 3 rings (SSSR count). The van der Waals surface area contributed by atoms with Gasteiger partial charge in [-0.2, -0.15) is 0 Å². The van der Waals surface area contributed by atoms with Crippen molar-refractivity contribution in [1.29, 1.82) is 0 Å². The van der Waals surface area contributed by atoms with E-state index in [1.165, 1.54) is 17.0 Å². The van der Waals surface area contributed by atoms with E-state index < -0.39 is 28.5 Å². The summed E-state index contributed by atoms with van der Waals surface area (Å²) < 4.78 is 34.6. The standard InChI is InChI=1S/C29H33Cl2N3O5S/c1-4-17-32-29(36)21(3)33(19-22-15-16-24(30)25(31)18-22)28(35)20-34(26-13-9-10-14-27(26)39-5-2)40(37,38)23-11-7-6-8-12-23/h6-16,18,21H,4-5,17,19-20H2,1-3H3,(H,32,36)/t21-/m1/s1. The number of ether oxygens (including phenoxy) is 1. The number of rotatable bonds is 13. The van der Waals surface area contributed by atoms with Gasteiger partial charge < -0.3 is 15.0 Å². The van der Waals surface area contributed by atoms with Crippen LogP contribution in [0.5, 0.6) is 5.75 Å². The molecule has 3 aromatic carbocycles. The van der Waals surface area contributed by atoms with E-state index in [1.807, 2.05) is 6.92 Å². The van der Waals surface area contributed by atoms with Crippen LogP contribution in [0, 0.1) is 0 Å². The molecule has 0 aliphatic rings. The van der Waals surface area contributed by atoms with E-state index in [0.717, 1.165) is 10.7 Å². The van der Waals surface area contributed by atoms with Gasteiger partial charge in [-0.25, -0.2) is 8.42 Å². The van der Waals surface area contributed by atoms with Crippen molar-refractivity contribution >= 4 is 50.7 Å². The molecule has 0 unspecified atom stereocenters. The van der Waals surface area contributed by atoms with Crippen molar-refractivity contribution < 1.29 is 22.7 Å². The predicted octanol–water partition coefficient (Wildman–Crippen LogP) is 5.53. The first-order chi connectivity index (χ1) is 19.1. The van der Waals surface area contributed by atoms with Crippen LogP contribution in [0.2, 0.25) is 10.0 Å². The fourth-order valence-corrected chi connectivity index (χ4v) is 5.75. The number of carbonyl (C=O) groups excluding carboxylic acids is 2. The monoisotopic (exact) mass is 605 g/mol. The van der Waals surface area contributed by atoms with Crippen molar-refractivity contribution in [3.05, 3.63) is 88.4 Å². The number of carbonyl (C=O) groups is 2. The average molecular weight is 607 g/mol. The van der Waals surface area contributed by atoms with Crippen molar-refractivity contribution in [2.24, 2.45) is 0 Å². The zero-order valence-electron chi connectivity index (χ0n) is 22.6. The summed E-state index contributed by atoms with van der Waals surface area (Å²) in [7, 11) is -4.20. The molecule has 40 heavy (non-hydrogen) atoms. The van der Waals surface area contributed by atoms with E-state index in [2.05, 4.69) is 5.32 Å². The summed E-state index contributed by atoms with van der Waals surface area (Å²) in [6.45, 7) is 5.47. The Balaban J connectivity index is 2.07. The number of sulfonamides is 1. The topological polar surface area (TPSA) is 96.0 Å². The van der Waals surface area contributed by atoms with Crippen LogP contribution in [0.15, 0.2) is 77.7 Å². The molecule has 0 saturated heterocycles. The minimum absolute atomic E-state index is 0.00274. The third kappa shape index (κ3) is 7.68. The van der Waals surface area contributed by atoms with E-state index in [-0.39, 0.29) is 23.0 Å². The van der Waals surface area contributed by atoms with Crippen molar-refractivity contribution in [3.63, 3.8) is 0 Å². The van der Waals surface area contributed by atoms with Crippen LogP contribution in [0.4, 0.5) is 5.69 Å². The zero-order chi connectivity index (χ0) is 29.3. The lowest BCUT2D eigenvalue weighted by Crippen LogP contribution is -2.51. The molecule has 11 heteroatoms.